The van der Waals surface area contributed by atoms with Crippen molar-refractivity contribution < 1.29 is 28.4 Å². The van der Waals surface area contributed by atoms with Gasteiger partial charge < -0.3 is 15.8 Å². The van der Waals surface area contributed by atoms with Gasteiger partial charge in [0.05, 0.1) is 12.0 Å². The molecule has 10 heteroatoms. The van der Waals surface area contributed by atoms with E-state index in [0.717, 1.165) is 0 Å². The van der Waals surface area contributed by atoms with Gasteiger partial charge in [-0.05, 0) is 0 Å². The smallest absolute Gasteiger partial charge is 0.480 e. The molecular formula is C6H11FN3O5P. The zero-order chi connectivity index (χ0) is 12.8. The number of aromatic amines is 1. The quantitative estimate of drug-likeness (QED) is 0.453. The van der Waals surface area contributed by atoms with Crippen LogP contribution in [0.1, 0.15) is 5.69 Å². The third-order valence-corrected chi connectivity index (χ3v) is 1.30. The standard InChI is InChI=1S/C6H9N3O2.FH2O3P/c7-5(6(10)11)1-4-2-8-3-9-4;1-5(2,3)4/h2-3,5H,1,7H2,(H,8,9)(H,10,11);(H2,2,3,4)/t5-;/m0./s1. The molecule has 1 rings (SSSR count). The van der Waals surface area contributed by atoms with Crippen LogP contribution < -0.4 is 5.73 Å². The number of hydrogen-bond donors (Lipinski definition) is 5. The average molecular weight is 255 g/mol. The first-order valence-electron chi connectivity index (χ1n) is 3.91. The lowest BCUT2D eigenvalue weighted by Gasteiger charge is -2.01. The van der Waals surface area contributed by atoms with Crippen LogP contribution in [0.15, 0.2) is 12.5 Å². The number of aromatic nitrogens is 2. The summed E-state index contributed by atoms with van der Waals surface area (Å²) in [6, 6.07) is -0.863. The number of halogens is 1. The van der Waals surface area contributed by atoms with E-state index in [4.69, 9.17) is 25.2 Å². The molecule has 0 aliphatic rings. The fraction of sp³-hybridized carbons (Fsp3) is 0.333. The van der Waals surface area contributed by atoms with Crippen LogP contribution in [-0.4, -0.2) is 36.9 Å². The summed E-state index contributed by atoms with van der Waals surface area (Å²) >= 11 is 0. The largest absolute Gasteiger partial charge is 0.507 e. The maximum atomic E-state index is 10.4. The molecule has 0 aromatic carbocycles. The van der Waals surface area contributed by atoms with Gasteiger partial charge in [-0.25, -0.2) is 9.55 Å². The Labute approximate surface area is 89.6 Å². The van der Waals surface area contributed by atoms with Crippen molar-refractivity contribution in [2.45, 2.75) is 12.5 Å². The molecule has 0 saturated heterocycles. The van der Waals surface area contributed by atoms with Gasteiger partial charge in [-0.3, -0.25) is 14.6 Å². The second-order valence-electron chi connectivity index (χ2n) is 2.68. The summed E-state index contributed by atoms with van der Waals surface area (Å²) in [4.78, 5) is 30.7. The highest BCUT2D eigenvalue weighted by molar-refractivity contribution is 7.45. The van der Waals surface area contributed by atoms with E-state index in [1.807, 2.05) is 0 Å². The highest BCUT2D eigenvalue weighted by Crippen LogP contribution is 2.34. The zero-order valence-corrected chi connectivity index (χ0v) is 8.84. The van der Waals surface area contributed by atoms with Gasteiger partial charge in [0.1, 0.15) is 6.04 Å². The van der Waals surface area contributed by atoms with E-state index in [9.17, 15) is 8.99 Å². The minimum Gasteiger partial charge on any atom is -0.480 e. The lowest BCUT2D eigenvalue weighted by molar-refractivity contribution is -0.138. The van der Waals surface area contributed by atoms with Gasteiger partial charge in [0, 0.05) is 12.6 Å². The molecule has 0 radical (unpaired) electrons. The average Bonchev–Trinajstić information content (AvgIpc) is 2.53. The molecule has 0 aliphatic heterocycles. The van der Waals surface area contributed by atoms with E-state index < -0.39 is 19.9 Å². The summed E-state index contributed by atoms with van der Waals surface area (Å²) in [5.41, 5.74) is 5.92. The number of aliphatic carboxylic acids is 1. The number of nitrogens with one attached hydrogen (secondary N) is 1. The van der Waals surface area contributed by atoms with E-state index in [-0.39, 0.29) is 6.42 Å². The molecule has 0 unspecified atom stereocenters. The molecule has 0 saturated carbocycles. The van der Waals surface area contributed by atoms with Gasteiger partial charge in [-0.1, -0.05) is 0 Å². The lowest BCUT2D eigenvalue weighted by Crippen LogP contribution is -2.32. The number of H-pyrrole nitrogens is 1. The first-order chi connectivity index (χ1) is 7.20. The van der Waals surface area contributed by atoms with E-state index in [1.54, 1.807) is 6.20 Å². The van der Waals surface area contributed by atoms with Crippen molar-refractivity contribution in [3.8, 4) is 0 Å². The van der Waals surface area contributed by atoms with Crippen molar-refractivity contribution in [2.24, 2.45) is 5.73 Å². The first-order valence-corrected chi connectivity index (χ1v) is 5.41. The van der Waals surface area contributed by atoms with Crippen LogP contribution in [0.5, 0.6) is 0 Å². The fourth-order valence-corrected chi connectivity index (χ4v) is 0.715. The monoisotopic (exact) mass is 255 g/mol. The Bertz CT molecular complexity index is 356. The molecule has 1 atom stereocenters. The first kappa shape index (κ1) is 14.7. The van der Waals surface area contributed by atoms with Crippen molar-refractivity contribution >= 4 is 13.9 Å². The molecular weight excluding hydrogens is 244 g/mol. The SMILES string of the molecule is N[C@@H](Cc1c[nH]cn1)C(=O)O.O=P(O)(O)F. The number of carbonyl (C=O) groups is 1. The molecule has 0 bridgehead atoms. The van der Waals surface area contributed by atoms with E-state index in [2.05, 4.69) is 9.97 Å². The molecule has 0 amide bonds. The number of hydrogen-bond acceptors (Lipinski definition) is 4. The Kier molecular flexibility index (Phi) is 5.83. The fourth-order valence-electron chi connectivity index (χ4n) is 0.715. The van der Waals surface area contributed by atoms with Crippen LogP contribution in [0.25, 0.3) is 0 Å². The van der Waals surface area contributed by atoms with Gasteiger partial charge in [0.25, 0.3) is 0 Å². The van der Waals surface area contributed by atoms with Crippen LogP contribution in [0.4, 0.5) is 4.20 Å². The van der Waals surface area contributed by atoms with Crippen LogP contribution in [0.3, 0.4) is 0 Å². The molecule has 92 valence electrons. The predicted molar refractivity (Wildman–Crippen MR) is 51.1 cm³/mol. The lowest BCUT2D eigenvalue weighted by atomic mass is 10.2. The Morgan fingerprint density at radius 1 is 1.69 bits per heavy atom. The molecule has 0 aliphatic carbocycles. The molecule has 16 heavy (non-hydrogen) atoms. The maximum absolute atomic E-state index is 10.4. The molecule has 0 spiro atoms. The summed E-state index contributed by atoms with van der Waals surface area (Å²) in [7, 11) is -5.14. The number of nitrogens with two attached hydrogens (primary N) is 1. The Balaban J connectivity index is 0.000000385. The van der Waals surface area contributed by atoms with Gasteiger partial charge in [-0.2, -0.15) is 0 Å². The second kappa shape index (κ2) is 6.33. The van der Waals surface area contributed by atoms with Crippen molar-refractivity contribution in [1.29, 1.82) is 0 Å². The van der Waals surface area contributed by atoms with Crippen molar-refractivity contribution in [3.63, 3.8) is 0 Å². The summed E-state index contributed by atoms with van der Waals surface area (Å²) < 4.78 is 19.0. The van der Waals surface area contributed by atoms with Gasteiger partial charge in [-0.15, -0.1) is 4.20 Å². The highest BCUT2D eigenvalue weighted by Gasteiger charge is 2.12. The van der Waals surface area contributed by atoms with Gasteiger partial charge in [0.2, 0.25) is 0 Å². The summed E-state index contributed by atoms with van der Waals surface area (Å²) in [5, 5.41) is 8.42. The molecule has 1 aromatic rings. The number of carboxylic acids is 1. The van der Waals surface area contributed by atoms with E-state index in [0.29, 0.717) is 5.69 Å². The minimum absolute atomic E-state index is 0.263. The van der Waals surface area contributed by atoms with E-state index >= 15 is 0 Å². The Morgan fingerprint density at radius 3 is 2.50 bits per heavy atom. The summed E-state index contributed by atoms with van der Waals surface area (Å²) in [5.74, 6) is -1.01. The molecule has 8 nitrogen and oxygen atoms in total. The van der Waals surface area contributed by atoms with Crippen LogP contribution in [0, 0.1) is 0 Å². The normalized spacial score (nSPS) is 12.5. The number of imidazole rings is 1. The molecule has 6 N–H and O–H groups in total. The second-order valence-corrected chi connectivity index (χ2v) is 3.63. The number of rotatable bonds is 3. The van der Waals surface area contributed by atoms with Crippen molar-refractivity contribution in [1.82, 2.24) is 9.97 Å². The van der Waals surface area contributed by atoms with Crippen LogP contribution in [-0.2, 0) is 15.8 Å². The number of nitrogens with zero attached hydrogens (tertiary/aromatic N) is 1. The molecule has 0 fully saturated rings. The number of carboxylic acid groups (broad SMARTS) is 1. The van der Waals surface area contributed by atoms with Crippen LogP contribution in [0.2, 0.25) is 0 Å². The minimum atomic E-state index is -5.14. The van der Waals surface area contributed by atoms with Gasteiger partial charge in [0.15, 0.2) is 0 Å². The van der Waals surface area contributed by atoms with Crippen molar-refractivity contribution in [3.05, 3.63) is 18.2 Å². The summed E-state index contributed by atoms with van der Waals surface area (Å²) in [6.07, 6.45) is 3.38. The Hall–Kier alpha value is -1.28. The van der Waals surface area contributed by atoms with Gasteiger partial charge >= 0.3 is 13.9 Å². The third kappa shape index (κ3) is 9.28. The molecule has 1 heterocycles. The zero-order valence-electron chi connectivity index (χ0n) is 7.95. The third-order valence-electron chi connectivity index (χ3n) is 1.30. The molecule has 1 aromatic heterocycles. The predicted octanol–water partition coefficient (Wildman–Crippen LogP) is -0.587. The topological polar surface area (TPSA) is 150 Å². The van der Waals surface area contributed by atoms with E-state index in [1.165, 1.54) is 6.33 Å². The Morgan fingerprint density at radius 2 is 2.19 bits per heavy atom. The maximum Gasteiger partial charge on any atom is 0.507 e. The highest BCUT2D eigenvalue weighted by atomic mass is 31.2. The van der Waals surface area contributed by atoms with Crippen molar-refractivity contribution in [2.75, 3.05) is 0 Å². The summed E-state index contributed by atoms with van der Waals surface area (Å²) in [6.45, 7) is 0. The van der Waals surface area contributed by atoms with Crippen LogP contribution >= 0.6 is 7.91 Å².